The maximum atomic E-state index is 11.3. The normalized spacial score (nSPS) is 33.2. The summed E-state index contributed by atoms with van der Waals surface area (Å²) in [6, 6.07) is 1.06. The number of rotatable bonds is 5. The highest BCUT2D eigenvalue weighted by Crippen LogP contribution is 2.31. The van der Waals surface area contributed by atoms with Crippen molar-refractivity contribution in [2.45, 2.75) is 63.5 Å². The van der Waals surface area contributed by atoms with Crippen LogP contribution >= 0.6 is 0 Å². The molecule has 2 atom stereocenters. The van der Waals surface area contributed by atoms with Gasteiger partial charge in [0.25, 0.3) is 0 Å². The van der Waals surface area contributed by atoms with Crippen molar-refractivity contribution in [3.63, 3.8) is 0 Å². The highest BCUT2D eigenvalue weighted by molar-refractivity contribution is 5.70. The zero-order valence-corrected chi connectivity index (χ0v) is 12.4. The maximum absolute atomic E-state index is 11.3. The summed E-state index contributed by atoms with van der Waals surface area (Å²) in [7, 11) is 0. The quantitative estimate of drug-likeness (QED) is 0.810. The summed E-state index contributed by atoms with van der Waals surface area (Å²) in [5, 5.41) is 13.0. The van der Waals surface area contributed by atoms with Crippen LogP contribution in [0, 0.1) is 11.8 Å². The molecule has 3 aliphatic rings. The molecule has 0 radical (unpaired) electrons. The minimum absolute atomic E-state index is 0.173. The lowest BCUT2D eigenvalue weighted by Gasteiger charge is -2.37. The first-order valence-electron chi connectivity index (χ1n) is 8.42. The summed E-state index contributed by atoms with van der Waals surface area (Å²) in [4.78, 5) is 13.8. The van der Waals surface area contributed by atoms with E-state index in [1.807, 2.05) is 0 Å². The molecule has 4 heteroatoms. The lowest BCUT2D eigenvalue weighted by Crippen LogP contribution is -2.52. The highest BCUT2D eigenvalue weighted by Gasteiger charge is 2.38. The van der Waals surface area contributed by atoms with Gasteiger partial charge in [-0.15, -0.1) is 0 Å². The first-order chi connectivity index (χ1) is 9.72. The second-order valence-electron chi connectivity index (χ2n) is 7.07. The molecule has 0 aromatic carbocycles. The molecule has 114 valence electrons. The monoisotopic (exact) mass is 280 g/mol. The lowest BCUT2D eigenvalue weighted by molar-refractivity contribution is -0.144. The van der Waals surface area contributed by atoms with Crippen molar-refractivity contribution in [1.82, 2.24) is 10.2 Å². The van der Waals surface area contributed by atoms with Crippen molar-refractivity contribution in [3.05, 3.63) is 0 Å². The molecule has 0 aromatic heterocycles. The molecule has 3 fully saturated rings. The Kier molecular flexibility index (Phi) is 4.61. The summed E-state index contributed by atoms with van der Waals surface area (Å²) in [5.74, 6) is 0.0383. The van der Waals surface area contributed by atoms with Crippen LogP contribution in [-0.2, 0) is 4.79 Å². The first-order valence-corrected chi connectivity index (χ1v) is 8.42. The van der Waals surface area contributed by atoms with Crippen molar-refractivity contribution in [3.8, 4) is 0 Å². The number of likely N-dealkylation sites (tertiary alicyclic amines) is 1. The number of hydrogen-bond acceptors (Lipinski definition) is 3. The molecule has 20 heavy (non-hydrogen) atoms. The molecular weight excluding hydrogens is 252 g/mol. The number of carboxylic acids is 1. The Labute approximate surface area is 121 Å². The van der Waals surface area contributed by atoms with Crippen LogP contribution in [0.25, 0.3) is 0 Å². The van der Waals surface area contributed by atoms with Gasteiger partial charge in [-0.2, -0.15) is 0 Å². The van der Waals surface area contributed by atoms with Gasteiger partial charge >= 0.3 is 5.97 Å². The fourth-order valence-corrected chi connectivity index (χ4v) is 3.92. The second-order valence-corrected chi connectivity index (χ2v) is 7.07. The van der Waals surface area contributed by atoms with Crippen molar-refractivity contribution in [2.24, 2.45) is 11.8 Å². The van der Waals surface area contributed by atoms with Gasteiger partial charge in [-0.1, -0.05) is 19.3 Å². The van der Waals surface area contributed by atoms with Gasteiger partial charge in [-0.25, -0.2) is 0 Å². The lowest BCUT2D eigenvalue weighted by atomic mass is 9.88. The summed E-state index contributed by atoms with van der Waals surface area (Å²) < 4.78 is 0. The Morgan fingerprint density at radius 2 is 1.85 bits per heavy atom. The van der Waals surface area contributed by atoms with Gasteiger partial charge in [0.05, 0.1) is 5.92 Å². The van der Waals surface area contributed by atoms with Crippen molar-refractivity contribution in [1.29, 1.82) is 0 Å². The van der Waals surface area contributed by atoms with Crippen LogP contribution in [0.4, 0.5) is 0 Å². The SMILES string of the molecule is O=C(O)C1CC(NCC2CCCCC2)CN(C2CC2)C1. The Morgan fingerprint density at radius 3 is 2.50 bits per heavy atom. The third kappa shape index (κ3) is 3.73. The van der Waals surface area contributed by atoms with E-state index >= 15 is 0 Å². The molecule has 2 N–H and O–H groups in total. The fourth-order valence-electron chi connectivity index (χ4n) is 3.92. The van der Waals surface area contributed by atoms with Crippen LogP contribution in [0.5, 0.6) is 0 Å². The molecule has 2 saturated carbocycles. The topological polar surface area (TPSA) is 52.6 Å². The van der Waals surface area contributed by atoms with Gasteiger partial charge in [0.2, 0.25) is 0 Å². The minimum Gasteiger partial charge on any atom is -0.481 e. The summed E-state index contributed by atoms with van der Waals surface area (Å²) in [5.41, 5.74) is 0. The van der Waals surface area contributed by atoms with Crippen LogP contribution in [0.3, 0.4) is 0 Å². The van der Waals surface area contributed by atoms with E-state index in [-0.39, 0.29) is 5.92 Å². The molecule has 1 saturated heterocycles. The Balaban J connectivity index is 1.49. The molecule has 3 rings (SSSR count). The predicted molar refractivity (Wildman–Crippen MR) is 78.7 cm³/mol. The molecule has 0 spiro atoms. The molecule has 0 aromatic rings. The summed E-state index contributed by atoms with van der Waals surface area (Å²) in [6.07, 6.45) is 10.2. The average Bonchev–Trinajstić information content (AvgIpc) is 3.30. The molecule has 0 bridgehead atoms. The number of aliphatic carboxylic acids is 1. The van der Waals surface area contributed by atoms with Crippen LogP contribution < -0.4 is 5.32 Å². The van der Waals surface area contributed by atoms with E-state index in [1.165, 1.54) is 44.9 Å². The van der Waals surface area contributed by atoms with E-state index in [2.05, 4.69) is 10.2 Å². The molecule has 0 amide bonds. The summed E-state index contributed by atoms with van der Waals surface area (Å²) >= 11 is 0. The van der Waals surface area contributed by atoms with Crippen molar-refractivity contribution in [2.75, 3.05) is 19.6 Å². The zero-order chi connectivity index (χ0) is 13.9. The van der Waals surface area contributed by atoms with Gasteiger partial charge < -0.3 is 10.4 Å². The fraction of sp³-hybridized carbons (Fsp3) is 0.938. The molecule has 4 nitrogen and oxygen atoms in total. The number of hydrogen-bond donors (Lipinski definition) is 2. The van der Waals surface area contributed by atoms with E-state index in [0.29, 0.717) is 12.1 Å². The molecule has 2 unspecified atom stereocenters. The zero-order valence-electron chi connectivity index (χ0n) is 12.4. The standard InChI is InChI=1S/C16H28N2O2/c19-16(20)13-8-14(11-18(10-13)15-6-7-15)17-9-12-4-2-1-3-5-12/h12-15,17H,1-11H2,(H,19,20). The van der Waals surface area contributed by atoms with E-state index in [1.54, 1.807) is 0 Å². The number of carboxylic acid groups (broad SMARTS) is 1. The number of carbonyl (C=O) groups is 1. The van der Waals surface area contributed by atoms with Crippen molar-refractivity contribution >= 4 is 5.97 Å². The second kappa shape index (κ2) is 6.44. The number of nitrogens with one attached hydrogen (secondary N) is 1. The Hall–Kier alpha value is -0.610. The largest absolute Gasteiger partial charge is 0.481 e. The highest BCUT2D eigenvalue weighted by atomic mass is 16.4. The molecule has 1 aliphatic heterocycles. The Bertz CT molecular complexity index is 337. The third-order valence-electron chi connectivity index (χ3n) is 5.31. The van der Waals surface area contributed by atoms with Gasteiger partial charge in [0.15, 0.2) is 0 Å². The van der Waals surface area contributed by atoms with E-state index in [0.717, 1.165) is 32.0 Å². The Morgan fingerprint density at radius 1 is 1.10 bits per heavy atom. The smallest absolute Gasteiger partial charge is 0.307 e. The predicted octanol–water partition coefficient (Wildman–Crippen LogP) is 2.09. The molecule has 2 aliphatic carbocycles. The van der Waals surface area contributed by atoms with E-state index in [4.69, 9.17) is 0 Å². The van der Waals surface area contributed by atoms with Crippen LogP contribution in [0.2, 0.25) is 0 Å². The minimum atomic E-state index is -0.611. The van der Waals surface area contributed by atoms with Gasteiger partial charge in [-0.05, 0) is 44.6 Å². The summed E-state index contributed by atoms with van der Waals surface area (Å²) in [6.45, 7) is 2.91. The van der Waals surface area contributed by atoms with Crippen molar-refractivity contribution < 1.29 is 9.90 Å². The number of piperidine rings is 1. The van der Waals surface area contributed by atoms with Gasteiger partial charge in [-0.3, -0.25) is 9.69 Å². The van der Waals surface area contributed by atoms with Gasteiger partial charge in [0.1, 0.15) is 0 Å². The van der Waals surface area contributed by atoms with Crippen LogP contribution in [0.15, 0.2) is 0 Å². The molecule has 1 heterocycles. The molecular formula is C16H28N2O2. The first kappa shape index (κ1) is 14.3. The number of nitrogens with zero attached hydrogens (tertiary/aromatic N) is 1. The maximum Gasteiger partial charge on any atom is 0.307 e. The van der Waals surface area contributed by atoms with Crippen LogP contribution in [-0.4, -0.2) is 47.7 Å². The van der Waals surface area contributed by atoms with Gasteiger partial charge in [0, 0.05) is 25.2 Å². The average molecular weight is 280 g/mol. The third-order valence-corrected chi connectivity index (χ3v) is 5.31. The van der Waals surface area contributed by atoms with E-state index in [9.17, 15) is 9.90 Å². The van der Waals surface area contributed by atoms with E-state index < -0.39 is 5.97 Å². The van der Waals surface area contributed by atoms with Crippen LogP contribution in [0.1, 0.15) is 51.4 Å².